The highest BCUT2D eigenvalue weighted by Crippen LogP contribution is 2.33. The number of alkyl halides is 3. The van der Waals surface area contributed by atoms with Crippen LogP contribution in [0.2, 0.25) is 0 Å². The molecule has 5 nitrogen and oxygen atoms in total. The molecular weight excluding hydrogens is 371 g/mol. The van der Waals surface area contributed by atoms with E-state index in [1.165, 1.54) is 0 Å². The number of carbonyl (C=O) groups is 1. The van der Waals surface area contributed by atoms with Crippen molar-refractivity contribution < 1.29 is 22.7 Å². The lowest BCUT2D eigenvalue weighted by Gasteiger charge is -2.20. The fraction of sp³-hybridized carbons (Fsp3) is 0.400. The van der Waals surface area contributed by atoms with Crippen molar-refractivity contribution in [3.8, 4) is 11.1 Å². The molecule has 0 saturated carbocycles. The Morgan fingerprint density at radius 3 is 2.32 bits per heavy atom. The van der Waals surface area contributed by atoms with Gasteiger partial charge in [-0.2, -0.15) is 13.2 Å². The summed E-state index contributed by atoms with van der Waals surface area (Å²) in [5.41, 5.74) is 6.26. The standard InChI is InChI=1S/C20H24F3N3O2/c1-12(24)13-5-7-14(8-6-13)16-9-15(20(21,22)23)10-25-17(16)11-26-18(27)28-19(2,3)4/h5-10,12H,11,24H2,1-4H3,(H,26,27)/t12-/m1/s1. The summed E-state index contributed by atoms with van der Waals surface area (Å²) in [6.45, 7) is 6.89. The molecule has 1 heterocycles. The van der Waals surface area contributed by atoms with E-state index in [-0.39, 0.29) is 18.2 Å². The number of hydrogen-bond donors (Lipinski definition) is 2. The van der Waals surface area contributed by atoms with Crippen LogP contribution in [0, 0.1) is 0 Å². The van der Waals surface area contributed by atoms with Gasteiger partial charge in [-0.05, 0) is 44.9 Å². The molecule has 1 atom stereocenters. The van der Waals surface area contributed by atoms with Gasteiger partial charge in [0.05, 0.1) is 17.8 Å². The van der Waals surface area contributed by atoms with Crippen LogP contribution in [0.5, 0.6) is 0 Å². The number of rotatable bonds is 4. The van der Waals surface area contributed by atoms with Gasteiger partial charge in [-0.3, -0.25) is 4.98 Å². The maximum absolute atomic E-state index is 13.1. The minimum atomic E-state index is -4.52. The molecule has 0 fully saturated rings. The van der Waals surface area contributed by atoms with Gasteiger partial charge < -0.3 is 15.8 Å². The van der Waals surface area contributed by atoms with E-state index in [9.17, 15) is 18.0 Å². The van der Waals surface area contributed by atoms with Gasteiger partial charge in [0.25, 0.3) is 0 Å². The zero-order chi connectivity index (χ0) is 21.1. The lowest BCUT2D eigenvalue weighted by molar-refractivity contribution is -0.137. The predicted octanol–water partition coefficient (Wildman–Crippen LogP) is 4.81. The quantitative estimate of drug-likeness (QED) is 0.779. The minimum Gasteiger partial charge on any atom is -0.444 e. The molecule has 2 aromatic rings. The SMILES string of the molecule is C[C@@H](N)c1ccc(-c2cc(C(F)(F)F)cnc2CNC(=O)OC(C)(C)C)cc1. The summed E-state index contributed by atoms with van der Waals surface area (Å²) in [6, 6.07) is 7.72. The maximum atomic E-state index is 13.1. The van der Waals surface area contributed by atoms with Crippen molar-refractivity contribution in [2.75, 3.05) is 0 Å². The molecular formula is C20H24F3N3O2. The third-order valence-corrected chi connectivity index (χ3v) is 3.84. The molecule has 2 rings (SSSR count). The van der Waals surface area contributed by atoms with Crippen molar-refractivity contribution in [2.45, 2.75) is 52.1 Å². The Bertz CT molecular complexity index is 826. The van der Waals surface area contributed by atoms with Crippen LogP contribution in [0.3, 0.4) is 0 Å². The van der Waals surface area contributed by atoms with Gasteiger partial charge in [-0.25, -0.2) is 4.79 Å². The van der Waals surface area contributed by atoms with Crippen LogP contribution in [0.1, 0.15) is 50.6 Å². The van der Waals surface area contributed by atoms with E-state index in [1.54, 1.807) is 45.0 Å². The van der Waals surface area contributed by atoms with Crippen molar-refractivity contribution in [3.05, 3.63) is 53.3 Å². The van der Waals surface area contributed by atoms with E-state index in [0.717, 1.165) is 17.8 Å². The average Bonchev–Trinajstić information content (AvgIpc) is 2.57. The molecule has 8 heteroatoms. The summed E-state index contributed by atoms with van der Waals surface area (Å²) in [7, 11) is 0. The van der Waals surface area contributed by atoms with E-state index < -0.39 is 23.4 Å². The molecule has 1 amide bonds. The van der Waals surface area contributed by atoms with Crippen molar-refractivity contribution in [2.24, 2.45) is 5.73 Å². The number of carbonyl (C=O) groups excluding carboxylic acids is 1. The van der Waals surface area contributed by atoms with E-state index in [4.69, 9.17) is 10.5 Å². The lowest BCUT2D eigenvalue weighted by atomic mass is 9.99. The number of alkyl carbamates (subject to hydrolysis) is 1. The number of pyridine rings is 1. The number of benzene rings is 1. The number of nitrogens with two attached hydrogens (primary N) is 1. The topological polar surface area (TPSA) is 77.2 Å². The number of aromatic nitrogens is 1. The number of nitrogens with one attached hydrogen (secondary N) is 1. The first-order chi connectivity index (χ1) is 12.9. The van der Waals surface area contributed by atoms with Gasteiger partial charge in [0, 0.05) is 17.8 Å². The van der Waals surface area contributed by atoms with Crippen LogP contribution in [-0.2, 0) is 17.5 Å². The van der Waals surface area contributed by atoms with Gasteiger partial charge in [0.1, 0.15) is 5.60 Å². The number of nitrogens with zero attached hydrogens (tertiary/aromatic N) is 1. The van der Waals surface area contributed by atoms with Gasteiger partial charge in [-0.15, -0.1) is 0 Å². The van der Waals surface area contributed by atoms with Crippen molar-refractivity contribution >= 4 is 6.09 Å². The van der Waals surface area contributed by atoms with Gasteiger partial charge >= 0.3 is 12.3 Å². The first kappa shape index (κ1) is 21.7. The van der Waals surface area contributed by atoms with Crippen molar-refractivity contribution in [1.82, 2.24) is 10.3 Å². The molecule has 0 aliphatic heterocycles. The molecule has 152 valence electrons. The first-order valence-electron chi connectivity index (χ1n) is 8.75. The van der Waals surface area contributed by atoms with Gasteiger partial charge in [0.15, 0.2) is 0 Å². The molecule has 0 aliphatic rings. The molecule has 0 aliphatic carbocycles. The second-order valence-electron chi connectivity index (χ2n) is 7.48. The summed E-state index contributed by atoms with van der Waals surface area (Å²) in [5.74, 6) is 0. The molecule has 0 radical (unpaired) electrons. The highest BCUT2D eigenvalue weighted by Gasteiger charge is 2.32. The number of ether oxygens (including phenoxy) is 1. The van der Waals surface area contributed by atoms with E-state index >= 15 is 0 Å². The Labute approximate surface area is 162 Å². The Morgan fingerprint density at radius 2 is 1.82 bits per heavy atom. The van der Waals surface area contributed by atoms with Crippen LogP contribution in [-0.4, -0.2) is 16.7 Å². The van der Waals surface area contributed by atoms with Gasteiger partial charge in [-0.1, -0.05) is 24.3 Å². The third kappa shape index (κ3) is 5.95. The fourth-order valence-corrected chi connectivity index (χ4v) is 2.48. The van der Waals surface area contributed by atoms with Crippen LogP contribution < -0.4 is 11.1 Å². The van der Waals surface area contributed by atoms with Gasteiger partial charge in [0.2, 0.25) is 0 Å². The lowest BCUT2D eigenvalue weighted by Crippen LogP contribution is -2.32. The largest absolute Gasteiger partial charge is 0.444 e. The summed E-state index contributed by atoms with van der Waals surface area (Å²) in [6.07, 6.45) is -4.44. The Kier molecular flexibility index (Phi) is 6.34. The van der Waals surface area contributed by atoms with Crippen molar-refractivity contribution in [1.29, 1.82) is 0 Å². The fourth-order valence-electron chi connectivity index (χ4n) is 2.48. The zero-order valence-electron chi connectivity index (χ0n) is 16.2. The minimum absolute atomic E-state index is 0.0720. The monoisotopic (exact) mass is 395 g/mol. The second-order valence-corrected chi connectivity index (χ2v) is 7.48. The molecule has 0 unspecified atom stereocenters. The van der Waals surface area contributed by atoms with E-state index in [2.05, 4.69) is 10.3 Å². The molecule has 0 bridgehead atoms. The molecule has 0 spiro atoms. The summed E-state index contributed by atoms with van der Waals surface area (Å²) in [5, 5.41) is 2.53. The highest BCUT2D eigenvalue weighted by atomic mass is 19.4. The summed E-state index contributed by atoms with van der Waals surface area (Å²) < 4.78 is 44.6. The van der Waals surface area contributed by atoms with Crippen LogP contribution >= 0.6 is 0 Å². The third-order valence-electron chi connectivity index (χ3n) is 3.84. The van der Waals surface area contributed by atoms with E-state index in [1.807, 2.05) is 6.92 Å². The highest BCUT2D eigenvalue weighted by molar-refractivity contribution is 5.70. The first-order valence-corrected chi connectivity index (χ1v) is 8.75. The molecule has 28 heavy (non-hydrogen) atoms. The Hall–Kier alpha value is -2.61. The summed E-state index contributed by atoms with van der Waals surface area (Å²) >= 11 is 0. The zero-order valence-corrected chi connectivity index (χ0v) is 16.2. The molecule has 3 N–H and O–H groups in total. The second kappa shape index (κ2) is 8.18. The normalized spacial score (nSPS) is 13.1. The van der Waals surface area contributed by atoms with Crippen LogP contribution in [0.4, 0.5) is 18.0 Å². The predicted molar refractivity (Wildman–Crippen MR) is 100 cm³/mol. The Morgan fingerprint density at radius 1 is 1.21 bits per heavy atom. The van der Waals surface area contributed by atoms with Crippen LogP contribution in [0.15, 0.2) is 36.5 Å². The number of halogens is 3. The number of amides is 1. The average molecular weight is 395 g/mol. The summed E-state index contributed by atoms with van der Waals surface area (Å²) in [4.78, 5) is 15.8. The molecule has 0 saturated heterocycles. The van der Waals surface area contributed by atoms with Crippen LogP contribution in [0.25, 0.3) is 11.1 Å². The molecule has 1 aromatic heterocycles. The molecule has 1 aromatic carbocycles. The van der Waals surface area contributed by atoms with Crippen molar-refractivity contribution in [3.63, 3.8) is 0 Å². The Balaban J connectivity index is 2.35. The maximum Gasteiger partial charge on any atom is 0.417 e. The van der Waals surface area contributed by atoms with E-state index in [0.29, 0.717) is 11.3 Å². The number of hydrogen-bond acceptors (Lipinski definition) is 4. The smallest absolute Gasteiger partial charge is 0.417 e.